The molecule has 1 aliphatic heterocycles. The fourth-order valence-electron chi connectivity index (χ4n) is 1.54. The smallest absolute Gasteiger partial charge is 0.235 e. The third-order valence-corrected chi connectivity index (χ3v) is 4.35. The minimum atomic E-state index is -3.27. The lowest BCUT2D eigenvalue weighted by Gasteiger charge is -2.19. The first-order valence-electron chi connectivity index (χ1n) is 5.16. The van der Waals surface area contributed by atoms with E-state index in [1.165, 1.54) is 4.31 Å². The molecule has 1 aliphatic rings. The van der Waals surface area contributed by atoms with Crippen molar-refractivity contribution < 1.29 is 13.2 Å². The molecule has 88 valence electrons. The molecule has 0 aromatic carbocycles. The molecule has 0 aromatic heterocycles. The number of carbonyl (C=O) groups is 1. The average molecular weight is 234 g/mol. The molecule has 15 heavy (non-hydrogen) atoms. The summed E-state index contributed by atoms with van der Waals surface area (Å²) in [7, 11) is -3.27. The largest absolute Gasteiger partial charge is 0.355 e. The number of sulfonamides is 1. The fourth-order valence-corrected chi connectivity index (χ4v) is 3.32. The Morgan fingerprint density at radius 1 is 1.47 bits per heavy atom. The zero-order valence-electron chi connectivity index (χ0n) is 9.19. The monoisotopic (exact) mass is 234 g/mol. The van der Waals surface area contributed by atoms with E-state index in [0.717, 1.165) is 0 Å². The van der Waals surface area contributed by atoms with Crippen molar-refractivity contribution in [3.8, 4) is 0 Å². The van der Waals surface area contributed by atoms with Crippen LogP contribution in [0, 0.1) is 5.92 Å². The molecule has 0 unspecified atom stereocenters. The number of amides is 1. The van der Waals surface area contributed by atoms with E-state index in [1.807, 2.05) is 13.8 Å². The molecule has 0 atom stereocenters. The summed E-state index contributed by atoms with van der Waals surface area (Å²) < 4.78 is 25.0. The van der Waals surface area contributed by atoms with Gasteiger partial charge in [0, 0.05) is 13.1 Å². The van der Waals surface area contributed by atoms with Gasteiger partial charge in [-0.1, -0.05) is 13.8 Å². The molecular formula is C9H18N2O3S. The second-order valence-corrected chi connectivity index (χ2v) is 6.22. The molecule has 0 bridgehead atoms. The van der Waals surface area contributed by atoms with Crippen LogP contribution >= 0.6 is 0 Å². The van der Waals surface area contributed by atoms with Gasteiger partial charge in [0.05, 0.1) is 12.3 Å². The topological polar surface area (TPSA) is 66.5 Å². The van der Waals surface area contributed by atoms with Gasteiger partial charge in [0.25, 0.3) is 0 Å². The normalized spacial score (nSPS) is 20.1. The molecule has 6 heteroatoms. The van der Waals surface area contributed by atoms with E-state index in [4.69, 9.17) is 0 Å². The highest BCUT2D eigenvalue weighted by Gasteiger charge is 2.26. The predicted molar refractivity (Wildman–Crippen MR) is 57.8 cm³/mol. The van der Waals surface area contributed by atoms with E-state index in [0.29, 0.717) is 19.5 Å². The lowest BCUT2D eigenvalue weighted by molar-refractivity contribution is -0.120. The van der Waals surface area contributed by atoms with Crippen molar-refractivity contribution in [2.24, 2.45) is 5.92 Å². The van der Waals surface area contributed by atoms with Gasteiger partial charge in [-0.3, -0.25) is 4.79 Å². The molecule has 0 saturated carbocycles. The van der Waals surface area contributed by atoms with Gasteiger partial charge in [-0.05, 0) is 12.3 Å². The number of carbonyl (C=O) groups excluding carboxylic acids is 1. The zero-order chi connectivity index (χ0) is 11.5. The third kappa shape index (κ3) is 3.79. The van der Waals surface area contributed by atoms with Crippen molar-refractivity contribution in [1.29, 1.82) is 0 Å². The molecule has 1 saturated heterocycles. The number of nitrogens with zero attached hydrogens (tertiary/aromatic N) is 1. The number of nitrogens with one attached hydrogen (secondary N) is 1. The highest BCUT2D eigenvalue weighted by molar-refractivity contribution is 7.89. The van der Waals surface area contributed by atoms with Gasteiger partial charge in [-0.2, -0.15) is 4.31 Å². The van der Waals surface area contributed by atoms with E-state index in [2.05, 4.69) is 5.32 Å². The number of rotatable bonds is 3. The number of hydrogen-bond donors (Lipinski definition) is 1. The lowest BCUT2D eigenvalue weighted by Crippen LogP contribution is -2.39. The van der Waals surface area contributed by atoms with Crippen LogP contribution in [0.5, 0.6) is 0 Å². The van der Waals surface area contributed by atoms with Crippen LogP contribution < -0.4 is 5.32 Å². The summed E-state index contributed by atoms with van der Waals surface area (Å²) in [6, 6.07) is 0. The maximum atomic E-state index is 11.8. The Balaban J connectivity index is 2.72. The summed E-state index contributed by atoms with van der Waals surface area (Å²) in [5, 5.41) is 2.65. The Bertz CT molecular complexity index is 324. The standard InChI is InChI=1S/C9H18N2O3S/c1-8(2)7-15(13,14)11-5-3-4-10-9(12)6-11/h8H,3-7H2,1-2H3,(H,10,12). The molecule has 5 nitrogen and oxygen atoms in total. The molecule has 0 radical (unpaired) electrons. The SMILES string of the molecule is CC(C)CS(=O)(=O)N1CCCNC(=O)C1. The molecule has 1 amide bonds. The van der Waals surface area contributed by atoms with Crippen molar-refractivity contribution in [2.75, 3.05) is 25.4 Å². The third-order valence-electron chi connectivity index (χ3n) is 2.16. The van der Waals surface area contributed by atoms with Crippen LogP contribution in [0.15, 0.2) is 0 Å². The average Bonchev–Trinajstić information content (AvgIpc) is 2.27. The van der Waals surface area contributed by atoms with Crippen molar-refractivity contribution >= 4 is 15.9 Å². The fraction of sp³-hybridized carbons (Fsp3) is 0.889. The van der Waals surface area contributed by atoms with E-state index in [1.54, 1.807) is 0 Å². The van der Waals surface area contributed by atoms with Gasteiger partial charge in [0.1, 0.15) is 0 Å². The summed E-state index contributed by atoms with van der Waals surface area (Å²) in [4.78, 5) is 11.2. The van der Waals surface area contributed by atoms with Crippen molar-refractivity contribution in [1.82, 2.24) is 9.62 Å². The highest BCUT2D eigenvalue weighted by Crippen LogP contribution is 2.09. The van der Waals surface area contributed by atoms with Crippen LogP contribution in [-0.2, 0) is 14.8 Å². The van der Waals surface area contributed by atoms with Gasteiger partial charge >= 0.3 is 0 Å². The Morgan fingerprint density at radius 2 is 2.13 bits per heavy atom. The summed E-state index contributed by atoms with van der Waals surface area (Å²) >= 11 is 0. The Morgan fingerprint density at radius 3 is 2.73 bits per heavy atom. The molecule has 1 heterocycles. The molecule has 1 fully saturated rings. The van der Waals surface area contributed by atoms with Gasteiger partial charge in [0.15, 0.2) is 0 Å². The Labute approximate surface area is 90.9 Å². The van der Waals surface area contributed by atoms with E-state index < -0.39 is 10.0 Å². The van der Waals surface area contributed by atoms with Crippen molar-refractivity contribution in [3.63, 3.8) is 0 Å². The molecule has 0 aliphatic carbocycles. The molecule has 1 N–H and O–H groups in total. The minimum absolute atomic E-state index is 0.0327. The van der Waals surface area contributed by atoms with Gasteiger partial charge < -0.3 is 5.32 Å². The van der Waals surface area contributed by atoms with E-state index in [-0.39, 0.29) is 24.1 Å². The first kappa shape index (κ1) is 12.4. The second kappa shape index (κ2) is 4.94. The molecule has 0 aromatic rings. The summed E-state index contributed by atoms with van der Waals surface area (Å²) in [6.07, 6.45) is 0.684. The quantitative estimate of drug-likeness (QED) is 0.735. The molecule has 0 spiro atoms. The molecule has 1 rings (SSSR count). The highest BCUT2D eigenvalue weighted by atomic mass is 32.2. The van der Waals surface area contributed by atoms with Crippen molar-refractivity contribution in [2.45, 2.75) is 20.3 Å². The number of hydrogen-bond acceptors (Lipinski definition) is 3. The van der Waals surface area contributed by atoms with Crippen LogP contribution in [0.25, 0.3) is 0 Å². The van der Waals surface area contributed by atoms with Gasteiger partial charge in [-0.25, -0.2) is 8.42 Å². The van der Waals surface area contributed by atoms with Crippen LogP contribution in [0.4, 0.5) is 0 Å². The maximum Gasteiger partial charge on any atom is 0.235 e. The maximum absolute atomic E-state index is 11.8. The van der Waals surface area contributed by atoms with Crippen LogP contribution in [0.3, 0.4) is 0 Å². The summed E-state index contributed by atoms with van der Waals surface area (Å²) in [6.45, 7) is 4.68. The minimum Gasteiger partial charge on any atom is -0.355 e. The summed E-state index contributed by atoms with van der Waals surface area (Å²) in [5.74, 6) is -0.0126. The van der Waals surface area contributed by atoms with E-state index in [9.17, 15) is 13.2 Å². The first-order chi connectivity index (χ1) is 6.92. The second-order valence-electron chi connectivity index (χ2n) is 4.21. The van der Waals surface area contributed by atoms with E-state index >= 15 is 0 Å². The van der Waals surface area contributed by atoms with Gasteiger partial charge in [-0.15, -0.1) is 0 Å². The molecular weight excluding hydrogens is 216 g/mol. The van der Waals surface area contributed by atoms with Crippen LogP contribution in [0.1, 0.15) is 20.3 Å². The summed E-state index contributed by atoms with van der Waals surface area (Å²) in [5.41, 5.74) is 0. The Hall–Kier alpha value is -0.620. The zero-order valence-corrected chi connectivity index (χ0v) is 10.0. The predicted octanol–water partition coefficient (Wildman–Crippen LogP) is -0.206. The van der Waals surface area contributed by atoms with Crippen LogP contribution in [-0.4, -0.2) is 44.0 Å². The lowest BCUT2D eigenvalue weighted by atomic mass is 10.3. The first-order valence-corrected chi connectivity index (χ1v) is 6.77. The van der Waals surface area contributed by atoms with Gasteiger partial charge in [0.2, 0.25) is 15.9 Å². The van der Waals surface area contributed by atoms with Crippen molar-refractivity contribution in [3.05, 3.63) is 0 Å². The Kier molecular flexibility index (Phi) is 4.10. The van der Waals surface area contributed by atoms with Crippen LogP contribution in [0.2, 0.25) is 0 Å².